The molecule has 2 N–H and O–H groups in total. The van der Waals surface area contributed by atoms with E-state index in [9.17, 15) is 0 Å². The predicted molar refractivity (Wildman–Crippen MR) is 47.6 cm³/mol. The van der Waals surface area contributed by atoms with E-state index < -0.39 is 21.0 Å². The van der Waals surface area contributed by atoms with Gasteiger partial charge in [-0.2, -0.15) is 0 Å². The first-order chi connectivity index (χ1) is 6.72. The molecule has 0 heterocycles. The molecule has 0 aromatic heterocycles. The first-order valence-corrected chi connectivity index (χ1v) is 5.89. The summed E-state index contributed by atoms with van der Waals surface area (Å²) in [5.74, 6) is -0.208. The molecule has 0 unspecified atom stereocenters. The summed E-state index contributed by atoms with van der Waals surface area (Å²) in [7, 11) is 0. The van der Waals surface area contributed by atoms with Crippen molar-refractivity contribution in [3.05, 3.63) is 32.9 Å². The van der Waals surface area contributed by atoms with E-state index in [-0.39, 0.29) is 5.84 Å². The summed E-state index contributed by atoms with van der Waals surface area (Å²) in [6.07, 6.45) is 0. The van der Waals surface area contributed by atoms with Crippen molar-refractivity contribution in [2.45, 2.75) is 0 Å². The fourth-order valence-electron chi connectivity index (χ4n) is 0.938. The maximum atomic E-state index is 8.75. The molecule has 2 radical (unpaired) electrons. The first kappa shape index (κ1) is 10.9. The van der Waals surface area contributed by atoms with Crippen LogP contribution < -0.4 is 21.0 Å². The summed E-state index contributed by atoms with van der Waals surface area (Å²) >= 11 is -0.565. The van der Waals surface area contributed by atoms with Crippen LogP contribution in [0.15, 0.2) is 23.3 Å². The topological polar surface area (TPSA) is 83.8 Å². The van der Waals surface area contributed by atoms with Crippen LogP contribution in [0.25, 0.3) is 0 Å². The van der Waals surface area contributed by atoms with Crippen LogP contribution in [0.4, 0.5) is 0 Å². The third-order valence-electron chi connectivity index (χ3n) is 1.59. The van der Waals surface area contributed by atoms with Crippen LogP contribution in [0.2, 0.25) is 0 Å². The van der Waals surface area contributed by atoms with E-state index >= 15 is 0 Å². The van der Waals surface area contributed by atoms with Crippen molar-refractivity contribution in [1.29, 1.82) is 16.2 Å². The van der Waals surface area contributed by atoms with Gasteiger partial charge >= 0.3 is 92.8 Å². The Bertz CT molecular complexity index is 424. The van der Waals surface area contributed by atoms with Crippen molar-refractivity contribution in [1.82, 2.24) is 0 Å². The van der Waals surface area contributed by atoms with Crippen LogP contribution in [-0.4, -0.2) is 11.5 Å². The number of nitrogens with one attached hydrogen (secondary N) is 2. The number of halogens is 1. The number of nitrogens with zero attached hydrogens (tertiary/aromatic N) is 2. The summed E-state index contributed by atoms with van der Waals surface area (Å²) in [6, 6.07) is 6.99. The monoisotopic (exact) mass is 295 g/mol. The maximum absolute atomic E-state index is 8.75. The minimum atomic E-state index is -0.565. The van der Waals surface area contributed by atoms with Crippen molar-refractivity contribution in [2.24, 2.45) is 5.11 Å². The number of amidine groups is 1. The Morgan fingerprint density at radius 1 is 1.57 bits per heavy atom. The van der Waals surface area contributed by atoms with Crippen LogP contribution >= 0.6 is 0 Å². The molecule has 0 amide bonds. The predicted octanol–water partition coefficient (Wildman–Crippen LogP) is -1.74. The molecule has 0 aliphatic heterocycles. The summed E-state index contributed by atoms with van der Waals surface area (Å²) in [4.78, 5) is 0. The fourth-order valence-corrected chi connectivity index (χ4v) is 1.82. The molecule has 14 heavy (non-hydrogen) atoms. The number of benzene rings is 1. The molecule has 0 fully saturated rings. The van der Waals surface area contributed by atoms with Crippen molar-refractivity contribution < 1.29 is 21.0 Å². The van der Waals surface area contributed by atoms with Gasteiger partial charge in [0, 0.05) is 0 Å². The zero-order valence-corrected chi connectivity index (χ0v) is 9.24. The zero-order chi connectivity index (χ0) is 10.6. The van der Waals surface area contributed by atoms with Crippen LogP contribution in [-0.2, 0) is 0 Å². The normalized spacial score (nSPS) is 9.36. The van der Waals surface area contributed by atoms with Gasteiger partial charge in [-0.1, -0.05) is 0 Å². The average Bonchev–Trinajstić information content (AvgIpc) is 2.27. The van der Waals surface area contributed by atoms with Gasteiger partial charge < -0.3 is 0 Å². The molecule has 6 heteroatoms. The number of rotatable bonds is 2. The van der Waals surface area contributed by atoms with Gasteiger partial charge in [-0.15, -0.1) is 0 Å². The van der Waals surface area contributed by atoms with Gasteiger partial charge in [-0.3, -0.25) is 0 Å². The summed E-state index contributed by atoms with van der Waals surface area (Å²) in [5.41, 5.74) is 13.0. The van der Waals surface area contributed by atoms with Gasteiger partial charge in [0.15, 0.2) is 0 Å². The molecule has 68 valence electrons. The molecule has 0 aliphatic rings. The molecule has 0 bridgehead atoms. The van der Waals surface area contributed by atoms with Crippen molar-refractivity contribution in [3.63, 3.8) is 0 Å². The van der Waals surface area contributed by atoms with Crippen LogP contribution in [0.5, 0.6) is 0 Å². The Hall–Kier alpha value is -1.23. The van der Waals surface area contributed by atoms with E-state index in [1.54, 1.807) is 18.2 Å². The molecule has 1 aromatic carbocycles. The second-order valence-corrected chi connectivity index (χ2v) is 4.24. The Morgan fingerprint density at radius 3 is 2.79 bits per heavy atom. The molecule has 0 spiro atoms. The molecule has 4 nitrogen and oxygen atoms in total. The van der Waals surface area contributed by atoms with Gasteiger partial charge in [-0.05, 0) is 0 Å². The first-order valence-electron chi connectivity index (χ1n) is 3.57. The Balaban J connectivity index is 3.30. The third kappa shape index (κ3) is 2.17. The van der Waals surface area contributed by atoms with Crippen molar-refractivity contribution >= 4 is 11.5 Å². The Kier molecular flexibility index (Phi) is 3.77. The van der Waals surface area contributed by atoms with Crippen LogP contribution in [0.1, 0.15) is 11.1 Å². The number of hydrogen-bond donors (Lipinski definition) is 2. The summed E-state index contributed by atoms with van der Waals surface area (Å²) < 4.78 is 0.922. The standard InChI is InChI=1S/C8H5BIN4/c9-10-6-2-1-5(4-11)7(3-6)8(12)14-13/h1-3,12-13H/q-1. The SMILES string of the molecule is [B][I-]c1ccc(C#N)c(C(=N)N=N)c1. The Labute approximate surface area is 92.7 Å². The van der Waals surface area contributed by atoms with E-state index in [0.29, 0.717) is 11.1 Å². The number of nitriles is 1. The van der Waals surface area contributed by atoms with E-state index in [2.05, 4.69) is 5.11 Å². The molecule has 0 saturated heterocycles. The zero-order valence-electron chi connectivity index (χ0n) is 7.08. The van der Waals surface area contributed by atoms with Gasteiger partial charge in [0.2, 0.25) is 0 Å². The van der Waals surface area contributed by atoms with Crippen LogP contribution in [0.3, 0.4) is 0 Å². The summed E-state index contributed by atoms with van der Waals surface area (Å²) in [5, 5.41) is 19.1. The third-order valence-corrected chi connectivity index (χ3v) is 2.99. The second-order valence-electron chi connectivity index (χ2n) is 2.37. The minimum absolute atomic E-state index is 0.208. The molecule has 1 rings (SSSR count). The van der Waals surface area contributed by atoms with Gasteiger partial charge in [-0.25, -0.2) is 0 Å². The molecule has 0 saturated carbocycles. The molecule has 0 atom stereocenters. The summed E-state index contributed by atoms with van der Waals surface area (Å²) in [6.45, 7) is 0. The fraction of sp³-hybridized carbons (Fsp3) is 0. The van der Waals surface area contributed by atoms with Gasteiger partial charge in [0.25, 0.3) is 0 Å². The van der Waals surface area contributed by atoms with Crippen molar-refractivity contribution in [3.8, 4) is 6.07 Å². The molecule has 0 aliphatic carbocycles. The quantitative estimate of drug-likeness (QED) is 0.219. The Morgan fingerprint density at radius 2 is 2.29 bits per heavy atom. The van der Waals surface area contributed by atoms with E-state index in [4.69, 9.17) is 21.9 Å². The van der Waals surface area contributed by atoms with E-state index in [1.165, 1.54) is 0 Å². The van der Waals surface area contributed by atoms with Crippen molar-refractivity contribution in [2.75, 3.05) is 0 Å². The van der Waals surface area contributed by atoms with Gasteiger partial charge in [0.1, 0.15) is 0 Å². The molecule has 1 aromatic rings. The average molecular weight is 295 g/mol. The van der Waals surface area contributed by atoms with E-state index in [1.807, 2.05) is 6.07 Å². The second kappa shape index (κ2) is 4.86. The number of hydrogen-bond acceptors (Lipinski definition) is 3. The van der Waals surface area contributed by atoms with Gasteiger partial charge in [0.05, 0.1) is 0 Å². The van der Waals surface area contributed by atoms with E-state index in [0.717, 1.165) is 3.57 Å². The molecular weight excluding hydrogens is 290 g/mol. The molecular formula is C8H5BIN4-. The van der Waals surface area contributed by atoms with Crippen LogP contribution in [0, 0.1) is 25.8 Å².